The van der Waals surface area contributed by atoms with Crippen LogP contribution in [0.15, 0.2) is 24.5 Å². The van der Waals surface area contributed by atoms with E-state index in [4.69, 9.17) is 4.74 Å². The van der Waals surface area contributed by atoms with E-state index in [9.17, 15) is 4.39 Å². The molecular weight excluding hydrogens is 207 g/mol. The number of likely N-dealkylation sites (tertiary alicyclic amines) is 1. The molecule has 0 unspecified atom stereocenters. The molecule has 2 heterocycles. The molecule has 0 bridgehead atoms. The van der Waals surface area contributed by atoms with Crippen molar-refractivity contribution in [1.29, 1.82) is 0 Å². The lowest BCUT2D eigenvalue weighted by molar-refractivity contribution is 0.0714. The summed E-state index contributed by atoms with van der Waals surface area (Å²) in [4.78, 5) is 6.02. The summed E-state index contributed by atoms with van der Waals surface area (Å²) in [6.07, 6.45) is 5.25. The molecular formula is C12H17FN2O. The Hall–Kier alpha value is -1.16. The van der Waals surface area contributed by atoms with Crippen LogP contribution in [-0.2, 0) is 0 Å². The smallest absolute Gasteiger partial charge is 0.137 e. The lowest BCUT2D eigenvalue weighted by atomic mass is 10.00. The summed E-state index contributed by atoms with van der Waals surface area (Å²) in [5.74, 6) is 0.704. The number of pyridine rings is 1. The highest BCUT2D eigenvalue weighted by Crippen LogP contribution is 2.29. The molecule has 4 heteroatoms. The predicted molar refractivity (Wildman–Crippen MR) is 60.3 cm³/mol. The first kappa shape index (κ1) is 11.3. The average Bonchev–Trinajstić information content (AvgIpc) is 2.70. The fourth-order valence-electron chi connectivity index (χ4n) is 2.11. The molecule has 2 rings (SSSR count). The number of likely N-dealkylation sites (N-methyl/N-ethyl adjacent to an activating group) is 1. The Labute approximate surface area is 95.2 Å². The van der Waals surface area contributed by atoms with Gasteiger partial charge in [0.1, 0.15) is 19.0 Å². The van der Waals surface area contributed by atoms with Gasteiger partial charge in [0.2, 0.25) is 0 Å². The zero-order chi connectivity index (χ0) is 11.4. The minimum absolute atomic E-state index is 0.357. The molecule has 1 fully saturated rings. The van der Waals surface area contributed by atoms with Crippen molar-refractivity contribution < 1.29 is 9.13 Å². The molecule has 0 spiro atoms. The van der Waals surface area contributed by atoms with Crippen molar-refractivity contribution in [1.82, 2.24) is 9.88 Å². The zero-order valence-electron chi connectivity index (χ0n) is 9.53. The van der Waals surface area contributed by atoms with E-state index >= 15 is 0 Å². The van der Waals surface area contributed by atoms with E-state index in [1.807, 2.05) is 19.2 Å². The van der Waals surface area contributed by atoms with Gasteiger partial charge in [-0.25, -0.2) is 4.39 Å². The van der Waals surface area contributed by atoms with Crippen LogP contribution in [-0.4, -0.2) is 42.3 Å². The second-order valence-electron chi connectivity index (χ2n) is 4.36. The first-order valence-electron chi connectivity index (χ1n) is 5.57. The van der Waals surface area contributed by atoms with E-state index in [-0.39, 0.29) is 6.67 Å². The maximum absolute atomic E-state index is 13.2. The van der Waals surface area contributed by atoms with Crippen molar-refractivity contribution in [2.75, 3.05) is 26.9 Å². The van der Waals surface area contributed by atoms with Gasteiger partial charge in [-0.05, 0) is 38.6 Å². The third kappa shape index (κ3) is 2.16. The Morgan fingerprint density at radius 2 is 2.50 bits per heavy atom. The van der Waals surface area contributed by atoms with E-state index in [1.165, 1.54) is 0 Å². The van der Waals surface area contributed by atoms with Crippen LogP contribution in [0, 0.1) is 0 Å². The lowest BCUT2D eigenvalue weighted by Gasteiger charge is -2.33. The van der Waals surface area contributed by atoms with Gasteiger partial charge in [0.25, 0.3) is 0 Å². The summed E-state index contributed by atoms with van der Waals surface area (Å²) in [5.41, 5.74) is -0.435. The highest BCUT2D eigenvalue weighted by molar-refractivity contribution is 5.16. The summed E-state index contributed by atoms with van der Waals surface area (Å²) >= 11 is 0. The van der Waals surface area contributed by atoms with Crippen molar-refractivity contribution in [2.24, 2.45) is 0 Å². The Bertz CT molecular complexity index is 333. The molecule has 1 aromatic heterocycles. The van der Waals surface area contributed by atoms with Crippen molar-refractivity contribution in [3.63, 3.8) is 0 Å². The van der Waals surface area contributed by atoms with Gasteiger partial charge in [-0.3, -0.25) is 9.88 Å². The fraction of sp³-hybridized carbons (Fsp3) is 0.583. The molecule has 1 atom stereocenters. The van der Waals surface area contributed by atoms with Crippen LogP contribution < -0.4 is 4.74 Å². The van der Waals surface area contributed by atoms with Crippen LogP contribution in [0.1, 0.15) is 12.8 Å². The molecule has 1 aromatic rings. The van der Waals surface area contributed by atoms with Gasteiger partial charge in [-0.2, -0.15) is 0 Å². The number of hydrogen-bond acceptors (Lipinski definition) is 3. The number of rotatable bonds is 4. The van der Waals surface area contributed by atoms with E-state index < -0.39 is 5.54 Å². The molecule has 0 amide bonds. The van der Waals surface area contributed by atoms with Crippen LogP contribution >= 0.6 is 0 Å². The highest BCUT2D eigenvalue weighted by atomic mass is 19.1. The van der Waals surface area contributed by atoms with Crippen molar-refractivity contribution in [3.05, 3.63) is 24.5 Å². The van der Waals surface area contributed by atoms with Crippen LogP contribution in [0.5, 0.6) is 5.75 Å². The summed E-state index contributed by atoms with van der Waals surface area (Å²) in [5, 5.41) is 0. The fourth-order valence-corrected chi connectivity index (χ4v) is 2.11. The predicted octanol–water partition coefficient (Wildman–Crippen LogP) is 1.89. The number of hydrogen-bond donors (Lipinski definition) is 0. The molecule has 0 aromatic carbocycles. The summed E-state index contributed by atoms with van der Waals surface area (Å²) in [7, 11) is 1.96. The topological polar surface area (TPSA) is 25.4 Å². The van der Waals surface area contributed by atoms with Crippen molar-refractivity contribution in [3.8, 4) is 5.75 Å². The van der Waals surface area contributed by atoms with Gasteiger partial charge in [-0.15, -0.1) is 0 Å². The lowest BCUT2D eigenvalue weighted by Crippen LogP contribution is -2.48. The Kier molecular flexibility index (Phi) is 3.39. The molecule has 1 saturated heterocycles. The molecule has 88 valence electrons. The molecule has 1 aliphatic rings. The van der Waals surface area contributed by atoms with Crippen molar-refractivity contribution in [2.45, 2.75) is 18.4 Å². The maximum atomic E-state index is 13.2. The molecule has 0 radical (unpaired) electrons. The molecule has 0 N–H and O–H groups in total. The standard InChI is InChI=1S/C12H17FN2O/c1-15-7-3-5-12(15,9-13)10-16-11-4-2-6-14-8-11/h2,4,6,8H,3,5,7,9-10H2,1H3/t12-/m1/s1. The number of aromatic nitrogens is 1. The Balaban J connectivity index is 1.98. The molecule has 0 saturated carbocycles. The van der Waals surface area contributed by atoms with Crippen LogP contribution in [0.4, 0.5) is 4.39 Å². The molecule has 0 aliphatic carbocycles. The SMILES string of the molecule is CN1CCC[C@@]1(CF)COc1cccnc1. The zero-order valence-corrected chi connectivity index (χ0v) is 9.53. The van der Waals surface area contributed by atoms with Gasteiger partial charge in [0.05, 0.1) is 11.7 Å². The van der Waals surface area contributed by atoms with E-state index in [0.717, 1.165) is 19.4 Å². The largest absolute Gasteiger partial charge is 0.490 e. The van der Waals surface area contributed by atoms with Gasteiger partial charge < -0.3 is 4.74 Å². The monoisotopic (exact) mass is 224 g/mol. The van der Waals surface area contributed by atoms with E-state index in [0.29, 0.717) is 12.4 Å². The molecule has 3 nitrogen and oxygen atoms in total. The average molecular weight is 224 g/mol. The van der Waals surface area contributed by atoms with Crippen LogP contribution in [0.25, 0.3) is 0 Å². The third-order valence-corrected chi connectivity index (χ3v) is 3.34. The molecule has 1 aliphatic heterocycles. The summed E-state index contributed by atoms with van der Waals surface area (Å²) in [6.45, 7) is 0.982. The summed E-state index contributed by atoms with van der Waals surface area (Å²) in [6, 6.07) is 3.66. The first-order valence-corrected chi connectivity index (χ1v) is 5.57. The first-order chi connectivity index (χ1) is 7.77. The number of alkyl halides is 1. The minimum Gasteiger partial charge on any atom is -0.490 e. The third-order valence-electron chi connectivity index (χ3n) is 3.34. The normalized spacial score (nSPS) is 25.9. The number of halogens is 1. The van der Waals surface area contributed by atoms with Crippen LogP contribution in [0.3, 0.4) is 0 Å². The number of ether oxygens (including phenoxy) is 1. The Morgan fingerprint density at radius 3 is 3.06 bits per heavy atom. The molecule has 16 heavy (non-hydrogen) atoms. The van der Waals surface area contributed by atoms with E-state index in [1.54, 1.807) is 12.4 Å². The number of nitrogens with zero attached hydrogens (tertiary/aromatic N) is 2. The van der Waals surface area contributed by atoms with Gasteiger partial charge >= 0.3 is 0 Å². The second-order valence-corrected chi connectivity index (χ2v) is 4.36. The van der Waals surface area contributed by atoms with Gasteiger partial charge in [0.15, 0.2) is 0 Å². The highest BCUT2D eigenvalue weighted by Gasteiger charge is 2.39. The van der Waals surface area contributed by atoms with Crippen LogP contribution in [0.2, 0.25) is 0 Å². The second kappa shape index (κ2) is 4.78. The quantitative estimate of drug-likeness (QED) is 0.781. The Morgan fingerprint density at radius 1 is 1.62 bits per heavy atom. The van der Waals surface area contributed by atoms with Crippen molar-refractivity contribution >= 4 is 0 Å². The minimum atomic E-state index is -0.435. The van der Waals surface area contributed by atoms with Gasteiger partial charge in [0, 0.05) is 6.20 Å². The van der Waals surface area contributed by atoms with Gasteiger partial charge in [-0.1, -0.05) is 0 Å². The van der Waals surface area contributed by atoms with E-state index in [2.05, 4.69) is 9.88 Å². The summed E-state index contributed by atoms with van der Waals surface area (Å²) < 4.78 is 18.8. The maximum Gasteiger partial charge on any atom is 0.137 e.